The van der Waals surface area contributed by atoms with Gasteiger partial charge in [-0.05, 0) is 12.1 Å². The van der Waals surface area contributed by atoms with Crippen molar-refractivity contribution < 1.29 is 4.79 Å². The van der Waals surface area contributed by atoms with Crippen LogP contribution in [0.15, 0.2) is 29.1 Å². The van der Waals surface area contributed by atoms with Crippen molar-refractivity contribution in [3.05, 3.63) is 33.9 Å². The Morgan fingerprint density at radius 3 is 2.82 bits per heavy atom. The van der Waals surface area contributed by atoms with Crippen LogP contribution in [0.5, 0.6) is 0 Å². The number of rotatable bonds is 4. The highest BCUT2D eigenvalue weighted by Crippen LogP contribution is 2.18. The zero-order valence-corrected chi connectivity index (χ0v) is 12.7. The first-order valence-electron chi connectivity index (χ1n) is 4.94. The molecule has 1 aromatic heterocycles. The average Bonchev–Trinajstić information content (AvgIpc) is 2.65. The zero-order valence-electron chi connectivity index (χ0n) is 8.73. The SMILES string of the molecule is O=C(CBr)C(Br)Cn1c(=O)sc2ccccc21. The van der Waals surface area contributed by atoms with E-state index < -0.39 is 0 Å². The highest BCUT2D eigenvalue weighted by Gasteiger charge is 2.17. The lowest BCUT2D eigenvalue weighted by Gasteiger charge is -2.08. The topological polar surface area (TPSA) is 39.1 Å². The van der Waals surface area contributed by atoms with Crippen molar-refractivity contribution in [3.63, 3.8) is 0 Å². The largest absolute Gasteiger partial charge is 0.308 e. The molecule has 0 N–H and O–H groups in total. The second kappa shape index (κ2) is 5.46. The van der Waals surface area contributed by atoms with Crippen LogP contribution < -0.4 is 4.87 Å². The fourth-order valence-electron chi connectivity index (χ4n) is 1.53. The van der Waals surface area contributed by atoms with E-state index >= 15 is 0 Å². The summed E-state index contributed by atoms with van der Waals surface area (Å²) in [5.74, 6) is 0.0344. The predicted molar refractivity (Wildman–Crippen MR) is 77.6 cm³/mol. The van der Waals surface area contributed by atoms with Gasteiger partial charge in [0.1, 0.15) is 0 Å². The first kappa shape index (κ1) is 13.0. The van der Waals surface area contributed by atoms with Gasteiger partial charge in [-0.1, -0.05) is 55.3 Å². The molecule has 1 aromatic carbocycles. The van der Waals surface area contributed by atoms with Crippen LogP contribution in [-0.4, -0.2) is 20.5 Å². The Morgan fingerprint density at radius 2 is 2.12 bits per heavy atom. The van der Waals surface area contributed by atoms with Crippen molar-refractivity contribution in [2.75, 3.05) is 5.33 Å². The van der Waals surface area contributed by atoms with E-state index in [1.54, 1.807) is 4.57 Å². The number of aromatic nitrogens is 1. The number of thiazole rings is 1. The summed E-state index contributed by atoms with van der Waals surface area (Å²) >= 11 is 7.64. The smallest absolute Gasteiger partial charge is 0.297 e. The number of para-hydroxylation sites is 1. The van der Waals surface area contributed by atoms with E-state index in [9.17, 15) is 9.59 Å². The molecule has 0 fully saturated rings. The van der Waals surface area contributed by atoms with Crippen molar-refractivity contribution in [2.24, 2.45) is 0 Å². The Balaban J connectivity index is 2.39. The Morgan fingerprint density at radius 1 is 1.41 bits per heavy atom. The van der Waals surface area contributed by atoms with E-state index in [4.69, 9.17) is 0 Å². The van der Waals surface area contributed by atoms with Gasteiger partial charge in [0.15, 0.2) is 5.78 Å². The molecule has 1 heterocycles. The lowest BCUT2D eigenvalue weighted by molar-refractivity contribution is -0.116. The molecule has 1 atom stereocenters. The van der Waals surface area contributed by atoms with Crippen molar-refractivity contribution >= 4 is 59.2 Å². The number of ketones is 1. The number of alkyl halides is 2. The van der Waals surface area contributed by atoms with Crippen LogP contribution >= 0.6 is 43.2 Å². The third-order valence-electron chi connectivity index (χ3n) is 2.40. The van der Waals surface area contributed by atoms with Crippen molar-refractivity contribution in [3.8, 4) is 0 Å². The molecule has 0 aliphatic rings. The lowest BCUT2D eigenvalue weighted by atomic mass is 10.3. The number of Topliss-reactive ketones (excluding diaryl/α,β-unsaturated/α-hetero) is 1. The first-order chi connectivity index (χ1) is 8.13. The zero-order chi connectivity index (χ0) is 12.4. The van der Waals surface area contributed by atoms with Gasteiger partial charge >= 0.3 is 4.87 Å². The molecule has 0 saturated heterocycles. The van der Waals surface area contributed by atoms with Crippen LogP contribution in [0.1, 0.15) is 0 Å². The molecule has 0 bridgehead atoms. The number of benzene rings is 1. The van der Waals surface area contributed by atoms with Crippen LogP contribution in [0.3, 0.4) is 0 Å². The molecule has 17 heavy (non-hydrogen) atoms. The van der Waals surface area contributed by atoms with Crippen molar-refractivity contribution in [2.45, 2.75) is 11.4 Å². The van der Waals surface area contributed by atoms with Gasteiger partial charge in [-0.3, -0.25) is 14.2 Å². The minimum absolute atomic E-state index is 0.0296. The van der Waals surface area contributed by atoms with E-state index in [0.29, 0.717) is 11.9 Å². The number of carbonyl (C=O) groups excluding carboxylic acids is 1. The molecule has 0 aliphatic heterocycles. The molecule has 1 unspecified atom stereocenters. The van der Waals surface area contributed by atoms with Crippen molar-refractivity contribution in [1.82, 2.24) is 4.57 Å². The molecular formula is C11H9Br2NO2S. The van der Waals surface area contributed by atoms with Gasteiger partial charge in [-0.2, -0.15) is 0 Å². The number of halogens is 2. The normalized spacial score (nSPS) is 12.8. The summed E-state index contributed by atoms with van der Waals surface area (Å²) in [6, 6.07) is 7.59. The molecule has 0 radical (unpaired) electrons. The molecule has 0 amide bonds. The van der Waals surface area contributed by atoms with E-state index in [1.165, 1.54) is 11.3 Å². The number of hydrogen-bond acceptors (Lipinski definition) is 3. The molecule has 2 rings (SSSR count). The second-order valence-corrected chi connectivity index (χ2v) is 6.17. The Hall–Kier alpha value is -0.460. The van der Waals surface area contributed by atoms with E-state index in [0.717, 1.165) is 10.2 Å². The molecule has 90 valence electrons. The monoisotopic (exact) mass is 377 g/mol. The van der Waals surface area contributed by atoms with Crippen molar-refractivity contribution in [1.29, 1.82) is 0 Å². The highest BCUT2D eigenvalue weighted by molar-refractivity contribution is 9.10. The summed E-state index contributed by atoms with van der Waals surface area (Å²) in [6.07, 6.45) is 0. The minimum atomic E-state index is -0.336. The summed E-state index contributed by atoms with van der Waals surface area (Å²) in [6.45, 7) is 0.368. The standard InChI is InChI=1S/C11H9Br2NO2S/c12-5-9(15)7(13)6-14-8-3-1-2-4-10(8)17-11(14)16/h1-4,7H,5-6H2. The molecule has 0 saturated carbocycles. The van der Waals surface area contributed by atoms with Gasteiger partial charge in [-0.15, -0.1) is 0 Å². The molecule has 0 spiro atoms. The summed E-state index contributed by atoms with van der Waals surface area (Å²) in [7, 11) is 0. The van der Waals surface area contributed by atoms with Crippen LogP contribution in [0.4, 0.5) is 0 Å². The highest BCUT2D eigenvalue weighted by atomic mass is 79.9. The third kappa shape index (κ3) is 2.69. The summed E-state index contributed by atoms with van der Waals surface area (Å²) < 4.78 is 2.59. The number of hydrogen-bond donors (Lipinski definition) is 0. The summed E-state index contributed by atoms with van der Waals surface area (Å²) in [4.78, 5) is 22.9. The van der Waals surface area contributed by atoms with Gasteiger partial charge < -0.3 is 0 Å². The van der Waals surface area contributed by atoms with Gasteiger partial charge in [0.25, 0.3) is 0 Å². The Labute approximate surface area is 119 Å². The van der Waals surface area contributed by atoms with Gasteiger partial charge in [0.05, 0.1) is 20.4 Å². The maximum atomic E-state index is 11.8. The van der Waals surface area contributed by atoms with Gasteiger partial charge in [-0.25, -0.2) is 0 Å². The average molecular weight is 379 g/mol. The summed E-state index contributed by atoms with van der Waals surface area (Å²) in [5.41, 5.74) is 0.884. The van der Waals surface area contributed by atoms with Gasteiger partial charge in [0, 0.05) is 6.54 Å². The fourth-order valence-corrected chi connectivity index (χ4v) is 3.71. The minimum Gasteiger partial charge on any atom is -0.297 e. The molecular weight excluding hydrogens is 370 g/mol. The Bertz CT molecular complexity index is 605. The maximum Gasteiger partial charge on any atom is 0.308 e. The second-order valence-electron chi connectivity index (χ2n) is 3.51. The van der Waals surface area contributed by atoms with Crippen LogP contribution in [0.25, 0.3) is 10.2 Å². The molecule has 3 nitrogen and oxygen atoms in total. The summed E-state index contributed by atoms with van der Waals surface area (Å²) in [5, 5.41) is 0.291. The fraction of sp³-hybridized carbons (Fsp3) is 0.273. The molecule has 0 aliphatic carbocycles. The quantitative estimate of drug-likeness (QED) is 0.767. The predicted octanol–water partition coefficient (Wildman–Crippen LogP) is 2.79. The number of nitrogens with zero attached hydrogens (tertiary/aromatic N) is 1. The maximum absolute atomic E-state index is 11.8. The first-order valence-corrected chi connectivity index (χ1v) is 7.80. The lowest BCUT2D eigenvalue weighted by Crippen LogP contribution is -2.25. The Kier molecular flexibility index (Phi) is 4.17. The molecule has 2 aromatic rings. The van der Waals surface area contributed by atoms with E-state index in [-0.39, 0.29) is 15.5 Å². The van der Waals surface area contributed by atoms with Gasteiger partial charge in [0.2, 0.25) is 0 Å². The van der Waals surface area contributed by atoms with Crippen LogP contribution in [0.2, 0.25) is 0 Å². The number of fused-ring (bicyclic) bond motifs is 1. The van der Waals surface area contributed by atoms with Crippen LogP contribution in [0, 0.1) is 0 Å². The van der Waals surface area contributed by atoms with Crippen LogP contribution in [-0.2, 0) is 11.3 Å². The van der Waals surface area contributed by atoms with E-state index in [2.05, 4.69) is 31.9 Å². The van der Waals surface area contributed by atoms with E-state index in [1.807, 2.05) is 24.3 Å². The molecule has 6 heteroatoms. The third-order valence-corrected chi connectivity index (χ3v) is 4.71. The number of carbonyl (C=O) groups is 1.